The summed E-state index contributed by atoms with van der Waals surface area (Å²) in [5.41, 5.74) is 0. The first-order valence-electron chi connectivity index (χ1n) is 6.27. The van der Waals surface area contributed by atoms with Crippen LogP contribution >= 0.6 is 0 Å². The molecule has 0 spiro atoms. The summed E-state index contributed by atoms with van der Waals surface area (Å²) in [6, 6.07) is 0.382. The zero-order valence-electron chi connectivity index (χ0n) is 9.67. The lowest BCUT2D eigenvalue weighted by Crippen LogP contribution is -2.52. The fourth-order valence-electron chi connectivity index (χ4n) is 2.79. The second kappa shape index (κ2) is 4.97. The molecule has 1 saturated heterocycles. The highest BCUT2D eigenvalue weighted by Crippen LogP contribution is 2.28. The molecule has 0 bridgehead atoms. The van der Waals surface area contributed by atoms with Gasteiger partial charge < -0.3 is 10.2 Å². The van der Waals surface area contributed by atoms with Crippen molar-refractivity contribution in [3.63, 3.8) is 0 Å². The van der Waals surface area contributed by atoms with Crippen molar-refractivity contribution in [2.75, 3.05) is 19.6 Å². The maximum atomic E-state index is 12.1. The average molecular weight is 210 g/mol. The number of hydrogen-bond acceptors (Lipinski definition) is 2. The first-order chi connectivity index (χ1) is 7.27. The molecule has 1 atom stereocenters. The lowest BCUT2D eigenvalue weighted by atomic mass is 10.0. The van der Waals surface area contributed by atoms with E-state index in [1.54, 1.807) is 0 Å². The van der Waals surface area contributed by atoms with Crippen LogP contribution in [-0.2, 0) is 4.79 Å². The number of rotatable bonds is 2. The summed E-state index contributed by atoms with van der Waals surface area (Å²) in [7, 11) is 0. The van der Waals surface area contributed by atoms with Crippen molar-refractivity contribution in [1.82, 2.24) is 10.2 Å². The average Bonchev–Trinajstić information content (AvgIpc) is 2.71. The Morgan fingerprint density at radius 2 is 2.13 bits per heavy atom. The van der Waals surface area contributed by atoms with Crippen molar-refractivity contribution < 1.29 is 4.79 Å². The van der Waals surface area contributed by atoms with Gasteiger partial charge in [0.05, 0.1) is 0 Å². The molecule has 1 heterocycles. The Labute approximate surface area is 92.2 Å². The van der Waals surface area contributed by atoms with Crippen LogP contribution in [0.25, 0.3) is 0 Å². The number of hydrogen-bond donors (Lipinski definition) is 1. The van der Waals surface area contributed by atoms with Crippen molar-refractivity contribution in [2.45, 2.75) is 45.1 Å². The minimum absolute atomic E-state index is 0.382. The molecule has 3 nitrogen and oxygen atoms in total. The molecular weight excluding hydrogens is 188 g/mol. The van der Waals surface area contributed by atoms with Crippen LogP contribution < -0.4 is 5.32 Å². The van der Waals surface area contributed by atoms with E-state index in [9.17, 15) is 4.79 Å². The normalized spacial score (nSPS) is 28.3. The van der Waals surface area contributed by atoms with Gasteiger partial charge >= 0.3 is 0 Å². The maximum Gasteiger partial charge on any atom is 0.223 e. The van der Waals surface area contributed by atoms with Crippen molar-refractivity contribution >= 4 is 5.91 Å². The van der Waals surface area contributed by atoms with E-state index in [1.807, 2.05) is 0 Å². The van der Waals surface area contributed by atoms with Gasteiger partial charge in [-0.3, -0.25) is 4.79 Å². The summed E-state index contributed by atoms with van der Waals surface area (Å²) in [5, 5.41) is 3.32. The zero-order chi connectivity index (χ0) is 10.7. The molecule has 3 heteroatoms. The molecule has 1 unspecified atom stereocenters. The van der Waals surface area contributed by atoms with Crippen molar-refractivity contribution in [1.29, 1.82) is 0 Å². The molecule has 1 aliphatic heterocycles. The van der Waals surface area contributed by atoms with Gasteiger partial charge in [-0.1, -0.05) is 12.8 Å². The number of carbonyl (C=O) groups excluding carboxylic acids is 1. The second-order valence-electron chi connectivity index (χ2n) is 4.99. The predicted octanol–water partition coefficient (Wildman–Crippen LogP) is 1.39. The minimum atomic E-state index is 0.382. The largest absolute Gasteiger partial charge is 0.337 e. The number of piperazine rings is 1. The molecule has 0 aromatic carbocycles. The highest BCUT2D eigenvalue weighted by molar-refractivity contribution is 5.77. The fourth-order valence-corrected chi connectivity index (χ4v) is 2.79. The van der Waals surface area contributed by atoms with Crippen LogP contribution in [0.3, 0.4) is 0 Å². The number of carbonyl (C=O) groups is 1. The third-order valence-corrected chi connectivity index (χ3v) is 3.76. The van der Waals surface area contributed by atoms with E-state index in [0.717, 1.165) is 26.1 Å². The number of nitrogens with one attached hydrogen (secondary N) is 1. The highest BCUT2D eigenvalue weighted by atomic mass is 16.2. The smallest absolute Gasteiger partial charge is 0.223 e. The molecule has 86 valence electrons. The second-order valence-corrected chi connectivity index (χ2v) is 4.99. The summed E-state index contributed by atoms with van der Waals surface area (Å²) in [5.74, 6) is 1.07. The standard InChI is InChI=1S/C12H22N2O/c1-10-9-13-6-7-14(10)12(15)8-11-4-2-3-5-11/h10-11,13H,2-9H2,1H3. The first-order valence-corrected chi connectivity index (χ1v) is 6.27. The Bertz CT molecular complexity index is 224. The van der Waals surface area contributed by atoms with Crippen molar-refractivity contribution in [3.8, 4) is 0 Å². The lowest BCUT2D eigenvalue weighted by Gasteiger charge is -2.34. The quantitative estimate of drug-likeness (QED) is 0.747. The first kappa shape index (κ1) is 10.9. The van der Waals surface area contributed by atoms with E-state index < -0.39 is 0 Å². The molecule has 2 fully saturated rings. The van der Waals surface area contributed by atoms with Gasteiger partial charge in [-0.05, 0) is 25.7 Å². The van der Waals surface area contributed by atoms with Crippen molar-refractivity contribution in [2.24, 2.45) is 5.92 Å². The Morgan fingerprint density at radius 1 is 1.40 bits per heavy atom. The summed E-state index contributed by atoms with van der Waals surface area (Å²) < 4.78 is 0. The molecule has 2 aliphatic rings. The molecule has 1 amide bonds. The van der Waals surface area contributed by atoms with Crippen LogP contribution in [0.2, 0.25) is 0 Å². The van der Waals surface area contributed by atoms with Crippen LogP contribution in [-0.4, -0.2) is 36.5 Å². The van der Waals surface area contributed by atoms with Crippen molar-refractivity contribution in [3.05, 3.63) is 0 Å². The maximum absolute atomic E-state index is 12.1. The Morgan fingerprint density at radius 3 is 2.80 bits per heavy atom. The van der Waals surface area contributed by atoms with E-state index >= 15 is 0 Å². The number of nitrogens with zero attached hydrogens (tertiary/aromatic N) is 1. The topological polar surface area (TPSA) is 32.3 Å². The molecule has 1 saturated carbocycles. The number of amides is 1. The molecule has 2 rings (SSSR count). The van der Waals surface area contributed by atoms with Gasteiger partial charge in [0.1, 0.15) is 0 Å². The Hall–Kier alpha value is -0.570. The van der Waals surface area contributed by atoms with Crippen LogP contribution in [0.1, 0.15) is 39.0 Å². The Balaban J connectivity index is 1.83. The predicted molar refractivity (Wildman–Crippen MR) is 60.6 cm³/mol. The monoisotopic (exact) mass is 210 g/mol. The SMILES string of the molecule is CC1CNCCN1C(=O)CC1CCCC1. The summed E-state index contributed by atoms with van der Waals surface area (Å²) in [6.07, 6.45) is 5.99. The molecule has 0 aromatic heterocycles. The third-order valence-electron chi connectivity index (χ3n) is 3.76. The van der Waals surface area contributed by atoms with E-state index in [2.05, 4.69) is 17.1 Å². The highest BCUT2D eigenvalue weighted by Gasteiger charge is 2.26. The van der Waals surface area contributed by atoms with Gasteiger partial charge in [0.2, 0.25) is 5.91 Å². The lowest BCUT2D eigenvalue weighted by molar-refractivity contribution is -0.134. The molecule has 15 heavy (non-hydrogen) atoms. The van der Waals surface area contributed by atoms with E-state index in [4.69, 9.17) is 0 Å². The molecular formula is C12H22N2O. The van der Waals surface area contributed by atoms with Gasteiger partial charge in [0.15, 0.2) is 0 Å². The molecule has 1 aliphatic carbocycles. The Kier molecular flexibility index (Phi) is 3.62. The zero-order valence-corrected chi connectivity index (χ0v) is 9.67. The summed E-state index contributed by atoms with van der Waals surface area (Å²) in [4.78, 5) is 14.1. The fraction of sp³-hybridized carbons (Fsp3) is 0.917. The van der Waals surface area contributed by atoms with E-state index in [0.29, 0.717) is 17.9 Å². The minimum Gasteiger partial charge on any atom is -0.337 e. The van der Waals surface area contributed by atoms with E-state index in [-0.39, 0.29) is 0 Å². The van der Waals surface area contributed by atoms with Gasteiger partial charge in [-0.15, -0.1) is 0 Å². The van der Waals surface area contributed by atoms with Crippen LogP contribution in [0, 0.1) is 5.92 Å². The third kappa shape index (κ3) is 2.71. The van der Waals surface area contributed by atoms with Gasteiger partial charge in [0.25, 0.3) is 0 Å². The molecule has 0 aromatic rings. The van der Waals surface area contributed by atoms with Gasteiger partial charge in [0, 0.05) is 32.1 Å². The molecule has 0 radical (unpaired) electrons. The summed E-state index contributed by atoms with van der Waals surface area (Å²) in [6.45, 7) is 4.95. The van der Waals surface area contributed by atoms with E-state index in [1.165, 1.54) is 25.7 Å². The van der Waals surface area contributed by atoms with Crippen LogP contribution in [0.15, 0.2) is 0 Å². The summed E-state index contributed by atoms with van der Waals surface area (Å²) >= 11 is 0. The van der Waals surface area contributed by atoms with Gasteiger partial charge in [-0.25, -0.2) is 0 Å². The van der Waals surface area contributed by atoms with Crippen LogP contribution in [0.4, 0.5) is 0 Å². The molecule has 1 N–H and O–H groups in total. The van der Waals surface area contributed by atoms with Crippen LogP contribution in [0.5, 0.6) is 0 Å². The van der Waals surface area contributed by atoms with Gasteiger partial charge in [-0.2, -0.15) is 0 Å².